The quantitative estimate of drug-likeness (QED) is 0.849. The lowest BCUT2D eigenvalue weighted by atomic mass is 10.0. The fraction of sp³-hybridized carbons (Fsp3) is 0.538. The maximum Gasteiger partial charge on any atom is 0.416 e. The van der Waals surface area contributed by atoms with Gasteiger partial charge in [-0.05, 0) is 37.2 Å². The van der Waals surface area contributed by atoms with Crippen molar-refractivity contribution < 1.29 is 26.3 Å². The Morgan fingerprint density at radius 1 is 1.32 bits per heavy atom. The zero-order chi connectivity index (χ0) is 16.4. The number of alkyl halides is 3. The molecule has 1 aliphatic heterocycles. The molecule has 0 bridgehead atoms. The molecule has 1 heterocycles. The van der Waals surface area contributed by atoms with Gasteiger partial charge in [0.05, 0.1) is 5.56 Å². The largest absolute Gasteiger partial charge is 0.489 e. The van der Waals surface area contributed by atoms with Gasteiger partial charge in [-0.25, -0.2) is 13.6 Å². The molecule has 9 heteroatoms. The standard InChI is InChI=1S/C13H17F3N2O3S/c14-13(15,16)10-1-3-11(4-2-10)21-12(8-22(17,19)20)9-5-6-18-7-9/h1-4,9,12,18H,5-8H2,(H2,17,19,20)/t9-,12+/m0/s1. The Balaban J connectivity index is 2.12. The van der Waals surface area contributed by atoms with Gasteiger partial charge in [0.1, 0.15) is 17.6 Å². The van der Waals surface area contributed by atoms with E-state index in [-0.39, 0.29) is 17.4 Å². The molecule has 1 aliphatic rings. The van der Waals surface area contributed by atoms with Crippen LogP contribution in [0.15, 0.2) is 24.3 Å². The summed E-state index contributed by atoms with van der Waals surface area (Å²) in [6, 6.07) is 4.16. The zero-order valence-electron chi connectivity index (χ0n) is 11.6. The molecule has 0 amide bonds. The zero-order valence-corrected chi connectivity index (χ0v) is 12.5. The van der Waals surface area contributed by atoms with Crippen molar-refractivity contribution in [2.24, 2.45) is 11.1 Å². The normalized spacial score (nSPS) is 20.8. The minimum Gasteiger partial charge on any atom is -0.489 e. The van der Waals surface area contributed by atoms with Gasteiger partial charge < -0.3 is 10.1 Å². The van der Waals surface area contributed by atoms with Crippen LogP contribution in [0.4, 0.5) is 13.2 Å². The van der Waals surface area contributed by atoms with Crippen LogP contribution in [0.1, 0.15) is 12.0 Å². The maximum atomic E-state index is 12.5. The molecular weight excluding hydrogens is 321 g/mol. The van der Waals surface area contributed by atoms with Crippen LogP contribution in [0.5, 0.6) is 5.75 Å². The van der Waals surface area contributed by atoms with Crippen LogP contribution >= 0.6 is 0 Å². The highest BCUT2D eigenvalue weighted by Crippen LogP contribution is 2.31. The van der Waals surface area contributed by atoms with Crippen LogP contribution in [0, 0.1) is 5.92 Å². The summed E-state index contributed by atoms with van der Waals surface area (Å²) in [5, 5.41) is 8.15. The Morgan fingerprint density at radius 2 is 1.95 bits per heavy atom. The molecule has 0 aliphatic carbocycles. The van der Waals surface area contributed by atoms with E-state index < -0.39 is 27.9 Å². The molecule has 0 spiro atoms. The highest BCUT2D eigenvalue weighted by molar-refractivity contribution is 7.89. The Bertz CT molecular complexity index is 596. The topological polar surface area (TPSA) is 81.4 Å². The average molecular weight is 338 g/mol. The van der Waals surface area contributed by atoms with Crippen molar-refractivity contribution in [1.82, 2.24) is 5.32 Å². The van der Waals surface area contributed by atoms with Gasteiger partial charge in [-0.2, -0.15) is 13.2 Å². The van der Waals surface area contributed by atoms with Crippen LogP contribution in [0.25, 0.3) is 0 Å². The predicted octanol–water partition coefficient (Wildman–Crippen LogP) is 1.35. The molecule has 0 saturated carbocycles. The molecular formula is C13H17F3N2O3S. The molecule has 1 saturated heterocycles. The lowest BCUT2D eigenvalue weighted by Crippen LogP contribution is -2.37. The van der Waals surface area contributed by atoms with Gasteiger partial charge in [-0.3, -0.25) is 0 Å². The number of nitrogens with one attached hydrogen (secondary N) is 1. The summed E-state index contributed by atoms with van der Waals surface area (Å²) in [4.78, 5) is 0. The van der Waals surface area contributed by atoms with Crippen molar-refractivity contribution in [2.75, 3.05) is 18.8 Å². The highest BCUT2D eigenvalue weighted by Gasteiger charge is 2.32. The first-order valence-corrected chi connectivity index (χ1v) is 8.42. The molecule has 2 rings (SSSR count). The van der Waals surface area contributed by atoms with E-state index in [1.165, 1.54) is 12.1 Å². The van der Waals surface area contributed by atoms with Crippen molar-refractivity contribution in [3.8, 4) is 5.75 Å². The van der Waals surface area contributed by atoms with Crippen molar-refractivity contribution in [1.29, 1.82) is 0 Å². The molecule has 22 heavy (non-hydrogen) atoms. The van der Waals surface area contributed by atoms with Crippen molar-refractivity contribution in [2.45, 2.75) is 18.7 Å². The number of sulfonamides is 1. The number of benzene rings is 1. The molecule has 0 unspecified atom stereocenters. The monoisotopic (exact) mass is 338 g/mol. The Kier molecular flexibility index (Phi) is 4.98. The molecule has 1 fully saturated rings. The number of halogens is 3. The third-order valence-electron chi connectivity index (χ3n) is 3.49. The van der Waals surface area contributed by atoms with Crippen LogP contribution in [-0.4, -0.2) is 33.4 Å². The van der Waals surface area contributed by atoms with Crippen molar-refractivity contribution in [3.05, 3.63) is 29.8 Å². The summed E-state index contributed by atoms with van der Waals surface area (Å²) < 4.78 is 65.7. The third-order valence-corrected chi connectivity index (χ3v) is 4.28. The molecule has 0 aromatic heterocycles. The summed E-state index contributed by atoms with van der Waals surface area (Å²) >= 11 is 0. The van der Waals surface area contributed by atoms with E-state index in [1.54, 1.807) is 0 Å². The van der Waals surface area contributed by atoms with E-state index in [0.717, 1.165) is 25.1 Å². The lowest BCUT2D eigenvalue weighted by molar-refractivity contribution is -0.137. The summed E-state index contributed by atoms with van der Waals surface area (Å²) in [7, 11) is -3.75. The van der Waals surface area contributed by atoms with E-state index in [0.29, 0.717) is 6.54 Å². The van der Waals surface area contributed by atoms with Gasteiger partial charge in [-0.15, -0.1) is 0 Å². The summed E-state index contributed by atoms with van der Waals surface area (Å²) in [5.41, 5.74) is -0.787. The molecule has 0 radical (unpaired) electrons. The molecule has 2 atom stereocenters. The van der Waals surface area contributed by atoms with Crippen LogP contribution in [-0.2, 0) is 16.2 Å². The summed E-state index contributed by atoms with van der Waals surface area (Å²) in [6.45, 7) is 1.32. The predicted molar refractivity (Wildman–Crippen MR) is 74.8 cm³/mol. The molecule has 5 nitrogen and oxygen atoms in total. The van der Waals surface area contributed by atoms with Crippen molar-refractivity contribution in [3.63, 3.8) is 0 Å². The Hall–Kier alpha value is -1.32. The van der Waals surface area contributed by atoms with Gasteiger partial charge in [-0.1, -0.05) is 0 Å². The Morgan fingerprint density at radius 3 is 2.41 bits per heavy atom. The second-order valence-electron chi connectivity index (χ2n) is 5.26. The lowest BCUT2D eigenvalue weighted by Gasteiger charge is -2.23. The van der Waals surface area contributed by atoms with E-state index in [4.69, 9.17) is 9.88 Å². The molecule has 1 aromatic rings. The Labute approximate surface area is 126 Å². The van der Waals surface area contributed by atoms with E-state index in [2.05, 4.69) is 5.32 Å². The van der Waals surface area contributed by atoms with Gasteiger partial charge in [0.2, 0.25) is 10.0 Å². The van der Waals surface area contributed by atoms with Gasteiger partial charge >= 0.3 is 6.18 Å². The van der Waals surface area contributed by atoms with Gasteiger partial charge in [0, 0.05) is 12.5 Å². The molecule has 124 valence electrons. The first kappa shape index (κ1) is 17.0. The van der Waals surface area contributed by atoms with E-state index in [1.807, 2.05) is 0 Å². The minimum absolute atomic E-state index is 0.0550. The second kappa shape index (κ2) is 6.43. The van der Waals surface area contributed by atoms with E-state index in [9.17, 15) is 21.6 Å². The van der Waals surface area contributed by atoms with Crippen LogP contribution in [0.2, 0.25) is 0 Å². The van der Waals surface area contributed by atoms with E-state index >= 15 is 0 Å². The second-order valence-corrected chi connectivity index (χ2v) is 6.92. The third kappa shape index (κ3) is 4.85. The fourth-order valence-electron chi connectivity index (χ4n) is 2.39. The number of hydrogen-bond acceptors (Lipinski definition) is 4. The van der Waals surface area contributed by atoms with Crippen LogP contribution in [0.3, 0.4) is 0 Å². The SMILES string of the molecule is NS(=O)(=O)C[C@@H](Oc1ccc(C(F)(F)F)cc1)[C@H]1CCNC1. The first-order valence-electron chi connectivity index (χ1n) is 6.70. The smallest absolute Gasteiger partial charge is 0.416 e. The minimum atomic E-state index is -4.42. The van der Waals surface area contributed by atoms with Gasteiger partial charge in [0.25, 0.3) is 0 Å². The number of ether oxygens (including phenoxy) is 1. The highest BCUT2D eigenvalue weighted by atomic mass is 32.2. The average Bonchev–Trinajstić information content (AvgIpc) is 2.89. The summed E-state index contributed by atoms with van der Waals surface area (Å²) in [6.07, 6.45) is -4.39. The number of primary sulfonamides is 1. The van der Waals surface area contributed by atoms with Crippen LogP contribution < -0.4 is 15.2 Å². The number of rotatable bonds is 5. The number of hydrogen-bond donors (Lipinski definition) is 2. The van der Waals surface area contributed by atoms with Crippen molar-refractivity contribution >= 4 is 10.0 Å². The number of nitrogens with two attached hydrogens (primary N) is 1. The molecule has 3 N–H and O–H groups in total. The van der Waals surface area contributed by atoms with Gasteiger partial charge in [0.15, 0.2) is 0 Å². The maximum absolute atomic E-state index is 12.5. The fourth-order valence-corrected chi connectivity index (χ4v) is 3.19. The summed E-state index contributed by atoms with van der Waals surface area (Å²) in [5.74, 6) is -0.241. The molecule has 1 aromatic carbocycles. The first-order chi connectivity index (χ1) is 10.1.